The molecule has 6 heteroatoms. The van der Waals surface area contributed by atoms with Gasteiger partial charge in [0.05, 0.1) is 11.3 Å². The third kappa shape index (κ3) is 3.97. The molecular formula is C17H10BrN3O2. The highest BCUT2D eigenvalue weighted by Gasteiger charge is 2.12. The molecule has 0 spiro atoms. The summed E-state index contributed by atoms with van der Waals surface area (Å²) in [4.78, 5) is 12.2. The van der Waals surface area contributed by atoms with Crippen LogP contribution in [0.25, 0.3) is 6.08 Å². The highest BCUT2D eigenvalue weighted by Crippen LogP contribution is 2.24. The van der Waals surface area contributed by atoms with Crippen molar-refractivity contribution in [2.45, 2.75) is 0 Å². The molecule has 0 bridgehead atoms. The van der Waals surface area contributed by atoms with Gasteiger partial charge in [-0.15, -0.1) is 0 Å². The lowest BCUT2D eigenvalue weighted by atomic mass is 10.1. The van der Waals surface area contributed by atoms with Crippen LogP contribution in [-0.2, 0) is 4.79 Å². The number of nitrogens with zero attached hydrogens (tertiary/aromatic N) is 2. The van der Waals surface area contributed by atoms with E-state index < -0.39 is 5.91 Å². The van der Waals surface area contributed by atoms with E-state index in [2.05, 4.69) is 21.2 Å². The van der Waals surface area contributed by atoms with E-state index in [1.54, 1.807) is 42.5 Å². The van der Waals surface area contributed by atoms with Crippen molar-refractivity contribution in [2.75, 3.05) is 5.32 Å². The first-order valence-corrected chi connectivity index (χ1v) is 7.25. The number of phenolic OH excluding ortho intramolecular Hbond substituents is 1. The van der Waals surface area contributed by atoms with Crippen molar-refractivity contribution >= 4 is 33.6 Å². The van der Waals surface area contributed by atoms with Gasteiger partial charge in [0.25, 0.3) is 5.91 Å². The average Bonchev–Trinajstić information content (AvgIpc) is 2.56. The van der Waals surface area contributed by atoms with Gasteiger partial charge < -0.3 is 10.4 Å². The number of rotatable bonds is 3. The summed E-state index contributed by atoms with van der Waals surface area (Å²) < 4.78 is 0.703. The number of benzene rings is 2. The van der Waals surface area contributed by atoms with Crippen molar-refractivity contribution in [3.8, 4) is 17.9 Å². The van der Waals surface area contributed by atoms with E-state index in [4.69, 9.17) is 5.26 Å². The Kier molecular flexibility index (Phi) is 5.14. The number of aromatic hydroxyl groups is 1. The number of carbonyl (C=O) groups excluding carboxylic acids is 1. The first kappa shape index (κ1) is 16.3. The Morgan fingerprint density at radius 3 is 2.65 bits per heavy atom. The van der Waals surface area contributed by atoms with Crippen LogP contribution in [0.15, 0.2) is 52.5 Å². The van der Waals surface area contributed by atoms with E-state index in [0.717, 1.165) is 0 Å². The fraction of sp³-hybridized carbons (Fsp3) is 0. The maximum Gasteiger partial charge on any atom is 0.266 e. The highest BCUT2D eigenvalue weighted by atomic mass is 79.9. The van der Waals surface area contributed by atoms with Crippen molar-refractivity contribution in [3.63, 3.8) is 0 Å². The van der Waals surface area contributed by atoms with E-state index in [9.17, 15) is 15.2 Å². The average molecular weight is 368 g/mol. The highest BCUT2D eigenvalue weighted by molar-refractivity contribution is 9.10. The number of hydrogen-bond acceptors (Lipinski definition) is 4. The molecule has 0 aromatic heterocycles. The molecule has 23 heavy (non-hydrogen) atoms. The SMILES string of the molecule is N#C/C(=C\c1cc(Br)ccc1O)C(=O)Nc1ccccc1C#N. The van der Waals surface area contributed by atoms with Gasteiger partial charge in [-0.25, -0.2) is 0 Å². The van der Waals surface area contributed by atoms with Crippen LogP contribution in [0.4, 0.5) is 5.69 Å². The van der Waals surface area contributed by atoms with Crippen LogP contribution in [0.5, 0.6) is 5.75 Å². The van der Waals surface area contributed by atoms with Crippen molar-refractivity contribution in [2.24, 2.45) is 0 Å². The number of anilines is 1. The van der Waals surface area contributed by atoms with Crippen LogP contribution in [-0.4, -0.2) is 11.0 Å². The van der Waals surface area contributed by atoms with E-state index in [0.29, 0.717) is 21.3 Å². The second kappa shape index (κ2) is 7.26. The quantitative estimate of drug-likeness (QED) is 0.639. The first-order valence-electron chi connectivity index (χ1n) is 6.46. The number of nitrogens with one attached hydrogen (secondary N) is 1. The van der Waals surface area contributed by atoms with Crippen molar-refractivity contribution < 1.29 is 9.90 Å². The third-order valence-electron chi connectivity index (χ3n) is 2.95. The first-order chi connectivity index (χ1) is 11.0. The number of nitriles is 2. The van der Waals surface area contributed by atoms with Gasteiger partial charge in [-0.2, -0.15) is 10.5 Å². The van der Waals surface area contributed by atoms with Crippen LogP contribution in [0, 0.1) is 22.7 Å². The van der Waals surface area contributed by atoms with Crippen LogP contribution in [0.2, 0.25) is 0 Å². The molecular weight excluding hydrogens is 358 g/mol. The molecule has 0 unspecified atom stereocenters. The van der Waals surface area contributed by atoms with Crippen molar-refractivity contribution in [1.29, 1.82) is 10.5 Å². The monoisotopic (exact) mass is 367 g/mol. The molecule has 5 nitrogen and oxygen atoms in total. The minimum absolute atomic E-state index is 0.0498. The van der Waals surface area contributed by atoms with Gasteiger partial charge in [-0.3, -0.25) is 4.79 Å². The van der Waals surface area contributed by atoms with Gasteiger partial charge in [0, 0.05) is 10.0 Å². The molecule has 0 aliphatic heterocycles. The summed E-state index contributed by atoms with van der Waals surface area (Å²) in [7, 11) is 0. The molecule has 2 rings (SSSR count). The minimum atomic E-state index is -0.658. The van der Waals surface area contributed by atoms with Gasteiger partial charge in [-0.05, 0) is 36.4 Å². The van der Waals surface area contributed by atoms with E-state index >= 15 is 0 Å². The van der Waals surface area contributed by atoms with Crippen molar-refractivity contribution in [3.05, 3.63) is 63.6 Å². The van der Waals surface area contributed by atoms with Crippen molar-refractivity contribution in [1.82, 2.24) is 0 Å². The molecule has 2 aromatic rings. The van der Waals surface area contributed by atoms with Crippen LogP contribution >= 0.6 is 15.9 Å². The maximum absolute atomic E-state index is 12.2. The lowest BCUT2D eigenvalue weighted by molar-refractivity contribution is -0.112. The Balaban J connectivity index is 2.33. The Morgan fingerprint density at radius 1 is 1.22 bits per heavy atom. The molecule has 0 radical (unpaired) electrons. The minimum Gasteiger partial charge on any atom is -0.507 e. The number of halogens is 1. The van der Waals surface area contributed by atoms with Gasteiger partial charge >= 0.3 is 0 Å². The zero-order valence-corrected chi connectivity index (χ0v) is 13.3. The lowest BCUT2D eigenvalue weighted by Crippen LogP contribution is -2.14. The topological polar surface area (TPSA) is 96.9 Å². The molecule has 0 atom stereocenters. The normalized spacial score (nSPS) is 10.5. The number of para-hydroxylation sites is 1. The number of hydrogen-bond donors (Lipinski definition) is 2. The molecule has 2 aromatic carbocycles. The van der Waals surface area contributed by atoms with Gasteiger partial charge in [0.15, 0.2) is 0 Å². The summed E-state index contributed by atoms with van der Waals surface area (Å²) in [5, 5.41) is 30.5. The predicted octanol–water partition coefficient (Wildman–Crippen LogP) is 3.57. The smallest absolute Gasteiger partial charge is 0.266 e. The van der Waals surface area contributed by atoms with Crippen LogP contribution in [0.1, 0.15) is 11.1 Å². The second-order valence-electron chi connectivity index (χ2n) is 4.48. The second-order valence-corrected chi connectivity index (χ2v) is 5.40. The predicted molar refractivity (Wildman–Crippen MR) is 89.2 cm³/mol. The third-order valence-corrected chi connectivity index (χ3v) is 3.44. The largest absolute Gasteiger partial charge is 0.507 e. The molecule has 0 heterocycles. The molecule has 0 aliphatic carbocycles. The Hall–Kier alpha value is -3.09. The molecule has 112 valence electrons. The van der Waals surface area contributed by atoms with E-state index in [1.807, 2.05) is 6.07 Å². The molecule has 0 saturated heterocycles. The molecule has 1 amide bonds. The zero-order chi connectivity index (χ0) is 16.8. The standard InChI is InChI=1S/C17H10BrN3O2/c18-14-5-6-16(22)12(8-14)7-13(10-20)17(23)21-15-4-2-1-3-11(15)9-19/h1-8,22H,(H,21,23)/b13-7+. The van der Waals surface area contributed by atoms with Gasteiger partial charge in [0.1, 0.15) is 23.5 Å². The number of carbonyl (C=O) groups is 1. The molecule has 0 fully saturated rings. The Morgan fingerprint density at radius 2 is 1.96 bits per heavy atom. The van der Waals surface area contributed by atoms with E-state index in [1.165, 1.54) is 12.1 Å². The summed E-state index contributed by atoms with van der Waals surface area (Å²) in [6, 6.07) is 14.9. The Labute approximate surface area is 141 Å². The summed E-state index contributed by atoms with van der Waals surface area (Å²) >= 11 is 3.26. The van der Waals surface area contributed by atoms with Crippen LogP contribution in [0.3, 0.4) is 0 Å². The summed E-state index contributed by atoms with van der Waals surface area (Å²) in [6.45, 7) is 0. The summed E-state index contributed by atoms with van der Waals surface area (Å²) in [5.41, 5.74) is 0.758. The zero-order valence-electron chi connectivity index (χ0n) is 11.7. The molecule has 2 N–H and O–H groups in total. The fourth-order valence-electron chi connectivity index (χ4n) is 1.82. The lowest BCUT2D eigenvalue weighted by Gasteiger charge is -2.06. The van der Waals surface area contributed by atoms with Gasteiger partial charge in [-0.1, -0.05) is 28.1 Å². The summed E-state index contributed by atoms with van der Waals surface area (Å²) in [5.74, 6) is -0.708. The number of amides is 1. The van der Waals surface area contributed by atoms with E-state index in [-0.39, 0.29) is 11.3 Å². The van der Waals surface area contributed by atoms with Gasteiger partial charge in [0.2, 0.25) is 0 Å². The maximum atomic E-state index is 12.2. The fourth-order valence-corrected chi connectivity index (χ4v) is 2.20. The Bertz CT molecular complexity index is 876. The number of phenols is 1. The summed E-state index contributed by atoms with van der Waals surface area (Å²) in [6.07, 6.45) is 1.28. The molecule has 0 aliphatic rings. The molecule has 0 saturated carbocycles. The van der Waals surface area contributed by atoms with Crippen LogP contribution < -0.4 is 5.32 Å².